The van der Waals surface area contributed by atoms with E-state index in [-0.39, 0.29) is 0 Å². The molecule has 3 rings (SSSR count). The average Bonchev–Trinajstić information content (AvgIpc) is 2.74. The summed E-state index contributed by atoms with van der Waals surface area (Å²) in [5.74, 6) is 2.16. The van der Waals surface area contributed by atoms with Crippen LogP contribution in [0.15, 0.2) is 12.1 Å². The molecule has 1 fully saturated rings. The van der Waals surface area contributed by atoms with Gasteiger partial charge in [0, 0.05) is 24.4 Å². The standard InChI is InChI=1S/C13H17NO3/c15-10-2-3-11-13(17-7-1-6-16-11)12(10)9-4-5-14-8-9/h2-3,9,14-15H,1,4-8H2. The van der Waals surface area contributed by atoms with Crippen LogP contribution in [-0.2, 0) is 0 Å². The molecule has 1 aromatic carbocycles. The van der Waals surface area contributed by atoms with Gasteiger partial charge in [0.15, 0.2) is 11.5 Å². The zero-order valence-corrected chi connectivity index (χ0v) is 9.74. The first-order valence-corrected chi connectivity index (χ1v) is 6.18. The second-order valence-corrected chi connectivity index (χ2v) is 4.57. The maximum atomic E-state index is 10.1. The molecule has 0 bridgehead atoms. The minimum Gasteiger partial charge on any atom is -0.508 e. The lowest BCUT2D eigenvalue weighted by atomic mass is 9.96. The quantitative estimate of drug-likeness (QED) is 0.776. The van der Waals surface area contributed by atoms with Crippen molar-refractivity contribution in [3.05, 3.63) is 17.7 Å². The van der Waals surface area contributed by atoms with Crippen molar-refractivity contribution in [3.8, 4) is 17.2 Å². The number of phenols is 1. The van der Waals surface area contributed by atoms with Crippen LogP contribution >= 0.6 is 0 Å². The van der Waals surface area contributed by atoms with E-state index in [2.05, 4.69) is 5.32 Å². The molecule has 0 amide bonds. The summed E-state index contributed by atoms with van der Waals surface area (Å²) in [7, 11) is 0. The molecule has 17 heavy (non-hydrogen) atoms. The summed E-state index contributed by atoms with van der Waals surface area (Å²) in [6.07, 6.45) is 1.92. The lowest BCUT2D eigenvalue weighted by molar-refractivity contribution is 0.295. The van der Waals surface area contributed by atoms with Crippen molar-refractivity contribution < 1.29 is 14.6 Å². The van der Waals surface area contributed by atoms with Gasteiger partial charge < -0.3 is 19.9 Å². The van der Waals surface area contributed by atoms with E-state index in [0.29, 0.717) is 24.9 Å². The second-order valence-electron chi connectivity index (χ2n) is 4.57. The predicted molar refractivity (Wildman–Crippen MR) is 63.9 cm³/mol. The Hall–Kier alpha value is -1.42. The molecule has 0 aromatic heterocycles. The highest BCUT2D eigenvalue weighted by Crippen LogP contribution is 2.44. The van der Waals surface area contributed by atoms with Gasteiger partial charge in [-0.15, -0.1) is 0 Å². The SMILES string of the molecule is Oc1ccc2c(c1C1CCNC1)OCCCO2. The fourth-order valence-corrected chi connectivity index (χ4v) is 2.54. The maximum absolute atomic E-state index is 10.1. The van der Waals surface area contributed by atoms with Gasteiger partial charge in [-0.25, -0.2) is 0 Å². The van der Waals surface area contributed by atoms with Crippen molar-refractivity contribution in [1.29, 1.82) is 0 Å². The molecule has 1 aromatic rings. The molecular weight excluding hydrogens is 218 g/mol. The van der Waals surface area contributed by atoms with Crippen molar-refractivity contribution in [2.75, 3.05) is 26.3 Å². The van der Waals surface area contributed by atoms with E-state index in [4.69, 9.17) is 9.47 Å². The van der Waals surface area contributed by atoms with Crippen molar-refractivity contribution in [2.45, 2.75) is 18.8 Å². The van der Waals surface area contributed by atoms with Crippen LogP contribution in [0.5, 0.6) is 17.2 Å². The van der Waals surface area contributed by atoms with E-state index < -0.39 is 0 Å². The summed E-state index contributed by atoms with van der Waals surface area (Å²) in [5.41, 5.74) is 0.911. The Kier molecular flexibility index (Phi) is 2.81. The lowest BCUT2D eigenvalue weighted by Gasteiger charge is -2.17. The number of hydrogen-bond donors (Lipinski definition) is 2. The summed E-state index contributed by atoms with van der Waals surface area (Å²) < 4.78 is 11.4. The molecule has 92 valence electrons. The molecule has 0 radical (unpaired) electrons. The van der Waals surface area contributed by atoms with Crippen molar-refractivity contribution in [3.63, 3.8) is 0 Å². The lowest BCUT2D eigenvalue weighted by Crippen LogP contribution is -2.09. The minimum absolute atomic E-state index is 0.322. The number of hydrogen-bond acceptors (Lipinski definition) is 4. The second kappa shape index (κ2) is 4.45. The smallest absolute Gasteiger partial charge is 0.168 e. The molecule has 0 aliphatic carbocycles. The summed E-state index contributed by atoms with van der Waals surface area (Å²) in [4.78, 5) is 0. The van der Waals surface area contributed by atoms with E-state index in [9.17, 15) is 5.11 Å². The van der Waals surface area contributed by atoms with Crippen LogP contribution in [0.3, 0.4) is 0 Å². The number of phenolic OH excluding ortho intramolecular Hbond substituents is 1. The Morgan fingerprint density at radius 3 is 2.94 bits per heavy atom. The van der Waals surface area contributed by atoms with Crippen LogP contribution in [0.4, 0.5) is 0 Å². The van der Waals surface area contributed by atoms with E-state index in [0.717, 1.165) is 43.0 Å². The molecule has 0 saturated carbocycles. The van der Waals surface area contributed by atoms with Crippen LogP contribution in [-0.4, -0.2) is 31.4 Å². The molecular formula is C13H17NO3. The predicted octanol–water partition coefficient (Wildman–Crippen LogP) is 1.63. The van der Waals surface area contributed by atoms with Crippen molar-refractivity contribution in [1.82, 2.24) is 5.32 Å². The summed E-state index contributed by atoms with van der Waals surface area (Å²) in [6, 6.07) is 3.50. The average molecular weight is 235 g/mol. The third kappa shape index (κ3) is 1.93. The van der Waals surface area contributed by atoms with Gasteiger partial charge in [0.25, 0.3) is 0 Å². The first-order chi connectivity index (χ1) is 8.36. The molecule has 1 unspecified atom stereocenters. The first-order valence-electron chi connectivity index (χ1n) is 6.18. The minimum atomic E-state index is 0.322. The number of rotatable bonds is 1. The molecule has 1 saturated heterocycles. The highest BCUT2D eigenvalue weighted by Gasteiger charge is 2.27. The molecule has 4 heteroatoms. The third-order valence-electron chi connectivity index (χ3n) is 3.40. The number of aromatic hydroxyl groups is 1. The summed E-state index contributed by atoms with van der Waals surface area (Å²) >= 11 is 0. The molecule has 2 aliphatic rings. The largest absolute Gasteiger partial charge is 0.508 e. The normalized spacial score (nSPS) is 23.4. The van der Waals surface area contributed by atoms with Crippen molar-refractivity contribution >= 4 is 0 Å². The molecule has 2 N–H and O–H groups in total. The van der Waals surface area contributed by atoms with Crippen LogP contribution in [0, 0.1) is 0 Å². The molecule has 0 spiro atoms. The zero-order chi connectivity index (χ0) is 11.7. The Morgan fingerprint density at radius 1 is 1.24 bits per heavy atom. The Morgan fingerprint density at radius 2 is 2.12 bits per heavy atom. The van der Waals surface area contributed by atoms with Gasteiger partial charge in [0.2, 0.25) is 0 Å². The van der Waals surface area contributed by atoms with E-state index in [1.54, 1.807) is 12.1 Å². The number of ether oxygens (including phenoxy) is 2. The number of nitrogens with one attached hydrogen (secondary N) is 1. The van der Waals surface area contributed by atoms with Gasteiger partial charge >= 0.3 is 0 Å². The molecule has 1 atom stereocenters. The first kappa shape index (κ1) is 10.7. The highest BCUT2D eigenvalue weighted by atomic mass is 16.5. The maximum Gasteiger partial charge on any atom is 0.168 e. The van der Waals surface area contributed by atoms with Crippen LogP contribution in [0.1, 0.15) is 24.3 Å². The van der Waals surface area contributed by atoms with Gasteiger partial charge in [0.05, 0.1) is 13.2 Å². The van der Waals surface area contributed by atoms with Crippen molar-refractivity contribution in [2.24, 2.45) is 0 Å². The molecule has 2 heterocycles. The fraction of sp³-hybridized carbons (Fsp3) is 0.538. The fourth-order valence-electron chi connectivity index (χ4n) is 2.54. The third-order valence-corrected chi connectivity index (χ3v) is 3.40. The number of fused-ring (bicyclic) bond motifs is 1. The van der Waals surface area contributed by atoms with Gasteiger partial charge in [-0.3, -0.25) is 0 Å². The Bertz CT molecular complexity index is 413. The van der Waals surface area contributed by atoms with Crippen LogP contribution in [0.25, 0.3) is 0 Å². The van der Waals surface area contributed by atoms with Gasteiger partial charge in [-0.05, 0) is 25.1 Å². The Labute approximate surface area is 101 Å². The van der Waals surface area contributed by atoms with E-state index >= 15 is 0 Å². The van der Waals surface area contributed by atoms with Gasteiger partial charge in [0.1, 0.15) is 5.75 Å². The van der Waals surface area contributed by atoms with E-state index in [1.807, 2.05) is 0 Å². The molecule has 2 aliphatic heterocycles. The topological polar surface area (TPSA) is 50.7 Å². The van der Waals surface area contributed by atoms with Crippen LogP contribution < -0.4 is 14.8 Å². The summed E-state index contributed by atoms with van der Waals surface area (Å²) in [6.45, 7) is 3.23. The van der Waals surface area contributed by atoms with Gasteiger partial charge in [-0.2, -0.15) is 0 Å². The highest BCUT2D eigenvalue weighted by molar-refractivity contribution is 5.55. The Balaban J connectivity index is 2.05. The van der Waals surface area contributed by atoms with Crippen LogP contribution in [0.2, 0.25) is 0 Å². The molecule has 4 nitrogen and oxygen atoms in total. The van der Waals surface area contributed by atoms with E-state index in [1.165, 1.54) is 0 Å². The van der Waals surface area contributed by atoms with Gasteiger partial charge in [-0.1, -0.05) is 0 Å². The number of benzene rings is 1. The zero-order valence-electron chi connectivity index (χ0n) is 9.74. The summed E-state index contributed by atoms with van der Waals surface area (Å²) in [5, 5.41) is 13.4. The monoisotopic (exact) mass is 235 g/mol.